The van der Waals surface area contributed by atoms with E-state index in [0.717, 1.165) is 24.9 Å². The van der Waals surface area contributed by atoms with Gasteiger partial charge in [-0.05, 0) is 24.8 Å². The lowest BCUT2D eigenvalue weighted by Gasteiger charge is -2.14. The SMILES string of the molecule is CC1CCCC1CNCCO. The Balaban J connectivity index is 2.05. The molecule has 0 bridgehead atoms. The summed E-state index contributed by atoms with van der Waals surface area (Å²) in [5.74, 6) is 1.75. The van der Waals surface area contributed by atoms with Crippen LogP contribution in [0.25, 0.3) is 0 Å². The minimum absolute atomic E-state index is 0.265. The quantitative estimate of drug-likeness (QED) is 0.597. The fourth-order valence-electron chi connectivity index (χ4n) is 1.89. The van der Waals surface area contributed by atoms with Crippen LogP contribution in [-0.4, -0.2) is 24.8 Å². The molecule has 2 nitrogen and oxygen atoms in total. The van der Waals surface area contributed by atoms with E-state index in [4.69, 9.17) is 5.11 Å². The van der Waals surface area contributed by atoms with Crippen molar-refractivity contribution >= 4 is 0 Å². The second kappa shape index (κ2) is 4.73. The Morgan fingerprint density at radius 3 is 2.82 bits per heavy atom. The summed E-state index contributed by atoms with van der Waals surface area (Å²) in [6.07, 6.45) is 4.16. The summed E-state index contributed by atoms with van der Waals surface area (Å²) in [7, 11) is 0. The average molecular weight is 157 g/mol. The van der Waals surface area contributed by atoms with Crippen LogP contribution < -0.4 is 5.32 Å². The van der Waals surface area contributed by atoms with Crippen molar-refractivity contribution in [2.24, 2.45) is 11.8 Å². The molecule has 0 aromatic heterocycles. The minimum Gasteiger partial charge on any atom is -0.395 e. The average Bonchev–Trinajstić information content (AvgIpc) is 2.37. The van der Waals surface area contributed by atoms with Crippen molar-refractivity contribution in [2.45, 2.75) is 26.2 Å². The first-order chi connectivity index (χ1) is 5.34. The lowest BCUT2D eigenvalue weighted by atomic mass is 9.98. The lowest BCUT2D eigenvalue weighted by Crippen LogP contribution is -2.26. The monoisotopic (exact) mass is 157 g/mol. The topological polar surface area (TPSA) is 32.3 Å². The van der Waals surface area contributed by atoms with Gasteiger partial charge in [-0.3, -0.25) is 0 Å². The number of nitrogens with one attached hydrogen (secondary N) is 1. The summed E-state index contributed by atoms with van der Waals surface area (Å²) in [6.45, 7) is 4.45. The van der Waals surface area contributed by atoms with Gasteiger partial charge in [-0.1, -0.05) is 19.8 Å². The zero-order valence-corrected chi connectivity index (χ0v) is 7.34. The first kappa shape index (κ1) is 9.01. The first-order valence-electron chi connectivity index (χ1n) is 4.66. The van der Waals surface area contributed by atoms with Gasteiger partial charge >= 0.3 is 0 Å². The van der Waals surface area contributed by atoms with Crippen LogP contribution >= 0.6 is 0 Å². The molecule has 0 aromatic rings. The predicted molar refractivity (Wildman–Crippen MR) is 46.5 cm³/mol. The summed E-state index contributed by atoms with van der Waals surface area (Å²) >= 11 is 0. The van der Waals surface area contributed by atoms with Gasteiger partial charge in [0, 0.05) is 6.54 Å². The molecule has 2 atom stereocenters. The van der Waals surface area contributed by atoms with Crippen molar-refractivity contribution in [3.8, 4) is 0 Å². The van der Waals surface area contributed by atoms with Crippen molar-refractivity contribution in [3.05, 3.63) is 0 Å². The molecule has 0 radical (unpaired) electrons. The fourth-order valence-corrected chi connectivity index (χ4v) is 1.89. The smallest absolute Gasteiger partial charge is 0.0555 e. The third-order valence-electron chi connectivity index (χ3n) is 2.73. The van der Waals surface area contributed by atoms with E-state index in [9.17, 15) is 0 Å². The molecule has 2 N–H and O–H groups in total. The lowest BCUT2D eigenvalue weighted by molar-refractivity contribution is 0.283. The van der Waals surface area contributed by atoms with Crippen LogP contribution in [0.1, 0.15) is 26.2 Å². The number of aliphatic hydroxyl groups excluding tert-OH is 1. The van der Waals surface area contributed by atoms with Gasteiger partial charge in [-0.25, -0.2) is 0 Å². The van der Waals surface area contributed by atoms with Crippen LogP contribution in [0, 0.1) is 11.8 Å². The predicted octanol–water partition coefficient (Wildman–Crippen LogP) is 1.00. The maximum absolute atomic E-state index is 8.54. The van der Waals surface area contributed by atoms with Gasteiger partial charge < -0.3 is 10.4 Å². The van der Waals surface area contributed by atoms with E-state index in [1.807, 2.05) is 0 Å². The maximum atomic E-state index is 8.54. The van der Waals surface area contributed by atoms with E-state index in [2.05, 4.69) is 12.2 Å². The zero-order chi connectivity index (χ0) is 8.10. The maximum Gasteiger partial charge on any atom is 0.0555 e. The molecule has 2 unspecified atom stereocenters. The number of hydrogen-bond donors (Lipinski definition) is 2. The summed E-state index contributed by atoms with van der Waals surface area (Å²) in [4.78, 5) is 0. The van der Waals surface area contributed by atoms with E-state index >= 15 is 0 Å². The Bertz CT molecular complexity index is 106. The summed E-state index contributed by atoms with van der Waals surface area (Å²) in [5.41, 5.74) is 0. The molecule has 0 aliphatic heterocycles. The van der Waals surface area contributed by atoms with Crippen LogP contribution in [0.4, 0.5) is 0 Å². The molecule has 1 aliphatic rings. The van der Waals surface area contributed by atoms with E-state index in [1.54, 1.807) is 0 Å². The van der Waals surface area contributed by atoms with Crippen molar-refractivity contribution in [1.29, 1.82) is 0 Å². The second-order valence-corrected chi connectivity index (χ2v) is 3.60. The van der Waals surface area contributed by atoms with Crippen LogP contribution in [0.5, 0.6) is 0 Å². The standard InChI is InChI=1S/C9H19NO/c1-8-3-2-4-9(8)7-10-5-6-11/h8-11H,2-7H2,1H3. The van der Waals surface area contributed by atoms with Gasteiger partial charge in [0.1, 0.15) is 0 Å². The third kappa shape index (κ3) is 2.80. The molecule has 1 fully saturated rings. The van der Waals surface area contributed by atoms with E-state index in [0.29, 0.717) is 0 Å². The molecule has 1 aliphatic carbocycles. The highest BCUT2D eigenvalue weighted by molar-refractivity contribution is 4.75. The van der Waals surface area contributed by atoms with Gasteiger partial charge in [0.2, 0.25) is 0 Å². The van der Waals surface area contributed by atoms with E-state index in [-0.39, 0.29) is 6.61 Å². The van der Waals surface area contributed by atoms with Gasteiger partial charge in [-0.15, -0.1) is 0 Å². The van der Waals surface area contributed by atoms with Crippen molar-refractivity contribution < 1.29 is 5.11 Å². The Labute approximate surface area is 69.0 Å². The Morgan fingerprint density at radius 2 is 2.27 bits per heavy atom. The van der Waals surface area contributed by atoms with Crippen molar-refractivity contribution in [3.63, 3.8) is 0 Å². The van der Waals surface area contributed by atoms with Crippen LogP contribution in [0.15, 0.2) is 0 Å². The van der Waals surface area contributed by atoms with Crippen molar-refractivity contribution in [2.75, 3.05) is 19.7 Å². The zero-order valence-electron chi connectivity index (χ0n) is 7.34. The van der Waals surface area contributed by atoms with Crippen LogP contribution in [0.3, 0.4) is 0 Å². The minimum atomic E-state index is 0.265. The number of aliphatic hydroxyl groups is 1. The van der Waals surface area contributed by atoms with Gasteiger partial charge in [0.25, 0.3) is 0 Å². The molecule has 0 saturated heterocycles. The largest absolute Gasteiger partial charge is 0.395 e. The summed E-state index contributed by atoms with van der Waals surface area (Å²) in [6, 6.07) is 0. The molecule has 0 amide bonds. The molecule has 0 heterocycles. The molecule has 0 spiro atoms. The Morgan fingerprint density at radius 1 is 1.45 bits per heavy atom. The molecular formula is C9H19NO. The molecule has 1 rings (SSSR count). The Hall–Kier alpha value is -0.0800. The van der Waals surface area contributed by atoms with Crippen LogP contribution in [0.2, 0.25) is 0 Å². The molecule has 11 heavy (non-hydrogen) atoms. The fraction of sp³-hybridized carbons (Fsp3) is 1.00. The molecule has 1 saturated carbocycles. The van der Waals surface area contributed by atoms with E-state index < -0.39 is 0 Å². The van der Waals surface area contributed by atoms with E-state index in [1.165, 1.54) is 19.3 Å². The van der Waals surface area contributed by atoms with Crippen molar-refractivity contribution in [1.82, 2.24) is 5.32 Å². The molecule has 66 valence electrons. The van der Waals surface area contributed by atoms with Gasteiger partial charge in [0.05, 0.1) is 6.61 Å². The molecular weight excluding hydrogens is 138 g/mol. The Kier molecular flexibility index (Phi) is 3.87. The number of rotatable bonds is 4. The van der Waals surface area contributed by atoms with Crippen LogP contribution in [-0.2, 0) is 0 Å². The highest BCUT2D eigenvalue weighted by Gasteiger charge is 2.22. The molecule has 2 heteroatoms. The third-order valence-corrected chi connectivity index (χ3v) is 2.73. The molecule has 0 aromatic carbocycles. The van der Waals surface area contributed by atoms with Gasteiger partial charge in [0.15, 0.2) is 0 Å². The number of hydrogen-bond acceptors (Lipinski definition) is 2. The first-order valence-corrected chi connectivity index (χ1v) is 4.66. The second-order valence-electron chi connectivity index (χ2n) is 3.60. The highest BCUT2D eigenvalue weighted by atomic mass is 16.3. The summed E-state index contributed by atoms with van der Waals surface area (Å²) in [5, 5.41) is 11.8. The van der Waals surface area contributed by atoms with Gasteiger partial charge in [-0.2, -0.15) is 0 Å². The summed E-state index contributed by atoms with van der Waals surface area (Å²) < 4.78 is 0. The normalized spacial score (nSPS) is 31.1. The highest BCUT2D eigenvalue weighted by Crippen LogP contribution is 2.30.